The highest BCUT2D eigenvalue weighted by Gasteiger charge is 2.12. The van der Waals surface area contributed by atoms with Crippen molar-refractivity contribution >= 4 is 29.3 Å². The second-order valence-electron chi connectivity index (χ2n) is 5.12. The molecule has 26 heavy (non-hydrogen) atoms. The van der Waals surface area contributed by atoms with Crippen LogP contribution in [0.2, 0.25) is 5.02 Å². The van der Waals surface area contributed by atoms with Crippen LogP contribution in [0.25, 0.3) is 0 Å². The molecule has 0 saturated heterocycles. The molecule has 0 heterocycles. The van der Waals surface area contributed by atoms with Crippen LogP contribution in [0.15, 0.2) is 48.5 Å². The van der Waals surface area contributed by atoms with Gasteiger partial charge in [0.05, 0.1) is 23.7 Å². The van der Waals surface area contributed by atoms with Crippen LogP contribution in [0.4, 0.5) is 0 Å². The summed E-state index contributed by atoms with van der Waals surface area (Å²) >= 11 is 5.91. The highest BCUT2D eigenvalue weighted by atomic mass is 35.5. The number of hydrogen-bond donors (Lipinski definition) is 3. The molecule has 0 radical (unpaired) electrons. The first-order valence-electron chi connectivity index (χ1n) is 7.86. The number of hydrogen-bond acceptors (Lipinski definition) is 4. The zero-order chi connectivity index (χ0) is 18.9. The molecule has 2 aromatic carbocycles. The SMILES string of the molecule is CCOc1ccc(C(=O)NNC(=O)CNC(=O)c2ccccc2Cl)cc1. The first-order valence-corrected chi connectivity index (χ1v) is 8.24. The topological polar surface area (TPSA) is 96.5 Å². The summed E-state index contributed by atoms with van der Waals surface area (Å²) in [4.78, 5) is 35.6. The summed E-state index contributed by atoms with van der Waals surface area (Å²) in [5.74, 6) is -0.900. The third-order valence-electron chi connectivity index (χ3n) is 3.27. The molecule has 0 saturated carbocycles. The van der Waals surface area contributed by atoms with Gasteiger partial charge in [-0.25, -0.2) is 0 Å². The first-order chi connectivity index (χ1) is 12.5. The molecule has 0 bridgehead atoms. The molecule has 136 valence electrons. The lowest BCUT2D eigenvalue weighted by Crippen LogP contribution is -2.46. The molecule has 2 aromatic rings. The molecule has 3 N–H and O–H groups in total. The Hall–Kier alpha value is -3.06. The van der Waals surface area contributed by atoms with Gasteiger partial charge >= 0.3 is 0 Å². The minimum Gasteiger partial charge on any atom is -0.494 e. The van der Waals surface area contributed by atoms with Gasteiger partial charge in [-0.3, -0.25) is 25.2 Å². The van der Waals surface area contributed by atoms with Gasteiger partial charge in [0, 0.05) is 5.56 Å². The maximum atomic E-state index is 12.0. The highest BCUT2D eigenvalue weighted by molar-refractivity contribution is 6.33. The molecule has 0 aliphatic heterocycles. The van der Waals surface area contributed by atoms with Gasteiger partial charge in [0.2, 0.25) is 0 Å². The molecule has 8 heteroatoms. The van der Waals surface area contributed by atoms with Crippen molar-refractivity contribution in [3.8, 4) is 5.75 Å². The monoisotopic (exact) mass is 375 g/mol. The van der Waals surface area contributed by atoms with E-state index in [1.165, 1.54) is 0 Å². The number of halogens is 1. The van der Waals surface area contributed by atoms with Crippen molar-refractivity contribution in [1.82, 2.24) is 16.2 Å². The Balaban J connectivity index is 1.78. The van der Waals surface area contributed by atoms with Crippen molar-refractivity contribution in [3.63, 3.8) is 0 Å². The number of carbonyl (C=O) groups is 3. The van der Waals surface area contributed by atoms with Crippen LogP contribution in [0.5, 0.6) is 5.75 Å². The lowest BCUT2D eigenvalue weighted by molar-refractivity contribution is -0.120. The van der Waals surface area contributed by atoms with E-state index in [1.54, 1.807) is 48.5 Å². The molecule has 7 nitrogen and oxygen atoms in total. The van der Waals surface area contributed by atoms with Crippen LogP contribution >= 0.6 is 11.6 Å². The fourth-order valence-corrected chi connectivity index (χ4v) is 2.23. The largest absolute Gasteiger partial charge is 0.494 e. The second kappa shape index (κ2) is 9.43. The predicted octanol–water partition coefficient (Wildman–Crippen LogP) is 1.93. The minimum atomic E-state index is -0.579. The van der Waals surface area contributed by atoms with E-state index in [0.717, 1.165) is 0 Å². The number of rotatable bonds is 6. The Morgan fingerprint density at radius 3 is 2.31 bits per heavy atom. The number of carbonyl (C=O) groups excluding carboxylic acids is 3. The van der Waals surface area contributed by atoms with Gasteiger partial charge in [0.25, 0.3) is 17.7 Å². The molecule has 0 aliphatic rings. The Morgan fingerprint density at radius 2 is 1.65 bits per heavy atom. The molecule has 0 unspecified atom stereocenters. The summed E-state index contributed by atoms with van der Waals surface area (Å²) in [5, 5.41) is 2.71. The van der Waals surface area contributed by atoms with Gasteiger partial charge in [-0.2, -0.15) is 0 Å². The number of ether oxygens (including phenoxy) is 1. The lowest BCUT2D eigenvalue weighted by Gasteiger charge is -2.09. The molecule has 3 amide bonds. The first kappa shape index (κ1) is 19.3. The lowest BCUT2D eigenvalue weighted by atomic mass is 10.2. The van der Waals surface area contributed by atoms with Crippen LogP contribution in [-0.2, 0) is 4.79 Å². The quantitative estimate of drug-likeness (QED) is 0.672. The Labute approximate surface area is 155 Å². The van der Waals surface area contributed by atoms with E-state index in [2.05, 4.69) is 16.2 Å². The molecule has 0 spiro atoms. The normalized spacial score (nSPS) is 9.92. The van der Waals surface area contributed by atoms with Crippen LogP contribution < -0.4 is 20.9 Å². The fourth-order valence-electron chi connectivity index (χ4n) is 2.01. The molecule has 2 rings (SSSR count). The van der Waals surface area contributed by atoms with Crippen LogP contribution in [0.3, 0.4) is 0 Å². The van der Waals surface area contributed by atoms with E-state index in [0.29, 0.717) is 17.9 Å². The average Bonchev–Trinajstić information content (AvgIpc) is 2.65. The van der Waals surface area contributed by atoms with Gasteiger partial charge < -0.3 is 10.1 Å². The highest BCUT2D eigenvalue weighted by Crippen LogP contribution is 2.14. The molecule has 0 fully saturated rings. The smallest absolute Gasteiger partial charge is 0.269 e. The number of benzene rings is 2. The zero-order valence-electron chi connectivity index (χ0n) is 14.0. The Bertz CT molecular complexity index is 793. The minimum absolute atomic E-state index is 0.264. The summed E-state index contributed by atoms with van der Waals surface area (Å²) < 4.78 is 5.29. The Morgan fingerprint density at radius 1 is 0.962 bits per heavy atom. The third-order valence-corrected chi connectivity index (χ3v) is 3.60. The van der Waals surface area contributed by atoms with Gasteiger partial charge in [-0.15, -0.1) is 0 Å². The molecule has 0 aliphatic carbocycles. The van der Waals surface area contributed by atoms with E-state index >= 15 is 0 Å². The average molecular weight is 376 g/mol. The van der Waals surface area contributed by atoms with Crippen LogP contribution in [0, 0.1) is 0 Å². The summed E-state index contributed by atoms with van der Waals surface area (Å²) in [7, 11) is 0. The van der Waals surface area contributed by atoms with Crippen molar-refractivity contribution < 1.29 is 19.1 Å². The predicted molar refractivity (Wildman–Crippen MR) is 97.0 cm³/mol. The maximum absolute atomic E-state index is 12.0. The summed E-state index contributed by atoms with van der Waals surface area (Å²) in [6.45, 7) is 2.08. The van der Waals surface area contributed by atoms with Gasteiger partial charge in [-0.05, 0) is 43.3 Å². The molecular formula is C18H18ClN3O4. The van der Waals surface area contributed by atoms with E-state index < -0.39 is 17.7 Å². The third kappa shape index (κ3) is 5.49. The number of nitrogens with one attached hydrogen (secondary N) is 3. The standard InChI is InChI=1S/C18H18ClN3O4/c1-2-26-13-9-7-12(8-10-13)17(24)22-21-16(23)11-20-18(25)14-5-3-4-6-15(14)19/h3-10H,2,11H2,1H3,(H,20,25)(H,21,23)(H,22,24). The van der Waals surface area contributed by atoms with Gasteiger partial charge in [0.1, 0.15) is 5.75 Å². The van der Waals surface area contributed by atoms with Crippen LogP contribution in [0.1, 0.15) is 27.6 Å². The van der Waals surface area contributed by atoms with Crippen LogP contribution in [-0.4, -0.2) is 30.9 Å². The van der Waals surface area contributed by atoms with E-state index in [-0.39, 0.29) is 17.1 Å². The van der Waals surface area contributed by atoms with Crippen molar-refractivity contribution in [1.29, 1.82) is 0 Å². The molecular weight excluding hydrogens is 358 g/mol. The number of hydrazine groups is 1. The summed E-state index contributed by atoms with van der Waals surface area (Å²) in [6, 6.07) is 12.9. The maximum Gasteiger partial charge on any atom is 0.269 e. The summed E-state index contributed by atoms with van der Waals surface area (Å²) in [5.41, 5.74) is 5.11. The van der Waals surface area contributed by atoms with E-state index in [4.69, 9.17) is 16.3 Å². The van der Waals surface area contributed by atoms with Crippen molar-refractivity contribution in [2.75, 3.05) is 13.2 Å². The fraction of sp³-hybridized carbons (Fsp3) is 0.167. The molecule has 0 aromatic heterocycles. The second-order valence-corrected chi connectivity index (χ2v) is 5.53. The van der Waals surface area contributed by atoms with Crippen molar-refractivity contribution in [3.05, 3.63) is 64.7 Å². The number of amides is 3. The van der Waals surface area contributed by atoms with Gasteiger partial charge in [0.15, 0.2) is 0 Å². The van der Waals surface area contributed by atoms with E-state index in [1.807, 2.05) is 6.92 Å². The van der Waals surface area contributed by atoms with Crippen molar-refractivity contribution in [2.24, 2.45) is 0 Å². The summed E-state index contributed by atoms with van der Waals surface area (Å²) in [6.07, 6.45) is 0. The van der Waals surface area contributed by atoms with E-state index in [9.17, 15) is 14.4 Å². The Kier molecular flexibility index (Phi) is 6.99. The zero-order valence-corrected chi connectivity index (χ0v) is 14.8. The molecule has 0 atom stereocenters. The van der Waals surface area contributed by atoms with Crippen molar-refractivity contribution in [2.45, 2.75) is 6.92 Å². The van der Waals surface area contributed by atoms with Gasteiger partial charge in [-0.1, -0.05) is 23.7 Å².